The maximum atomic E-state index is 10.4. The number of amides is 1. The SMILES string of the molecule is NN(CCC[C@@H](O)C1CCCCC1)C(=O)O. The first-order valence-electron chi connectivity index (χ1n) is 6.04. The van der Waals surface area contributed by atoms with Crippen molar-refractivity contribution in [1.29, 1.82) is 0 Å². The molecular formula is C11H22N2O3. The van der Waals surface area contributed by atoms with Gasteiger partial charge in [0.15, 0.2) is 0 Å². The van der Waals surface area contributed by atoms with E-state index >= 15 is 0 Å². The fourth-order valence-electron chi connectivity index (χ4n) is 2.32. The van der Waals surface area contributed by atoms with E-state index in [4.69, 9.17) is 10.9 Å². The van der Waals surface area contributed by atoms with Gasteiger partial charge in [-0.1, -0.05) is 19.3 Å². The molecular weight excluding hydrogens is 208 g/mol. The van der Waals surface area contributed by atoms with Crippen LogP contribution >= 0.6 is 0 Å². The highest BCUT2D eigenvalue weighted by atomic mass is 16.4. The van der Waals surface area contributed by atoms with E-state index in [9.17, 15) is 9.90 Å². The third kappa shape index (κ3) is 4.37. The van der Waals surface area contributed by atoms with Gasteiger partial charge in [-0.2, -0.15) is 0 Å². The Morgan fingerprint density at radius 3 is 2.56 bits per heavy atom. The molecule has 1 amide bonds. The molecule has 0 radical (unpaired) electrons. The lowest BCUT2D eigenvalue weighted by Gasteiger charge is -2.26. The normalized spacial score (nSPS) is 19.4. The molecule has 0 aromatic rings. The molecule has 1 saturated carbocycles. The minimum Gasteiger partial charge on any atom is -0.464 e. The summed E-state index contributed by atoms with van der Waals surface area (Å²) in [5.41, 5.74) is 0. The van der Waals surface area contributed by atoms with Crippen LogP contribution < -0.4 is 5.84 Å². The summed E-state index contributed by atoms with van der Waals surface area (Å²) in [7, 11) is 0. The Morgan fingerprint density at radius 2 is 2.00 bits per heavy atom. The van der Waals surface area contributed by atoms with Crippen molar-refractivity contribution in [3.63, 3.8) is 0 Å². The minimum atomic E-state index is -1.12. The molecule has 94 valence electrons. The maximum Gasteiger partial charge on any atom is 0.421 e. The summed E-state index contributed by atoms with van der Waals surface area (Å²) in [5.74, 6) is 5.64. The zero-order valence-electron chi connectivity index (χ0n) is 9.64. The van der Waals surface area contributed by atoms with Crippen LogP contribution in [0.4, 0.5) is 4.79 Å². The molecule has 0 aromatic carbocycles. The average molecular weight is 230 g/mol. The van der Waals surface area contributed by atoms with Crippen LogP contribution in [0, 0.1) is 5.92 Å². The highest BCUT2D eigenvalue weighted by molar-refractivity contribution is 5.63. The lowest BCUT2D eigenvalue weighted by Crippen LogP contribution is -2.37. The van der Waals surface area contributed by atoms with Crippen LogP contribution in [0.15, 0.2) is 0 Å². The van der Waals surface area contributed by atoms with E-state index in [1.54, 1.807) is 0 Å². The molecule has 0 unspecified atom stereocenters. The summed E-state index contributed by atoms with van der Waals surface area (Å²) in [4.78, 5) is 10.4. The number of aliphatic hydroxyl groups is 1. The molecule has 0 aliphatic heterocycles. The van der Waals surface area contributed by atoms with E-state index in [2.05, 4.69) is 0 Å². The molecule has 0 saturated heterocycles. The first kappa shape index (κ1) is 13.3. The highest BCUT2D eigenvalue weighted by Gasteiger charge is 2.21. The van der Waals surface area contributed by atoms with E-state index in [0.29, 0.717) is 25.3 Å². The van der Waals surface area contributed by atoms with E-state index < -0.39 is 6.09 Å². The molecule has 1 fully saturated rings. The van der Waals surface area contributed by atoms with Crippen LogP contribution in [0.5, 0.6) is 0 Å². The molecule has 16 heavy (non-hydrogen) atoms. The Hall–Kier alpha value is -0.810. The zero-order chi connectivity index (χ0) is 12.0. The van der Waals surface area contributed by atoms with Gasteiger partial charge in [-0.05, 0) is 31.6 Å². The number of nitrogens with zero attached hydrogens (tertiary/aromatic N) is 1. The van der Waals surface area contributed by atoms with Gasteiger partial charge in [-0.3, -0.25) is 0 Å². The maximum absolute atomic E-state index is 10.4. The first-order chi connectivity index (χ1) is 7.61. The molecule has 0 heterocycles. The summed E-state index contributed by atoms with van der Waals surface area (Å²) < 4.78 is 0. The number of hydrazine groups is 1. The van der Waals surface area contributed by atoms with Gasteiger partial charge in [0.25, 0.3) is 0 Å². The molecule has 0 bridgehead atoms. The predicted octanol–water partition coefficient (Wildman–Crippen LogP) is 1.56. The van der Waals surface area contributed by atoms with Crippen LogP contribution in [-0.2, 0) is 0 Å². The largest absolute Gasteiger partial charge is 0.464 e. The summed E-state index contributed by atoms with van der Waals surface area (Å²) in [6, 6.07) is 0. The van der Waals surface area contributed by atoms with Crippen molar-refractivity contribution in [2.75, 3.05) is 6.54 Å². The predicted molar refractivity (Wildman–Crippen MR) is 60.7 cm³/mol. The van der Waals surface area contributed by atoms with Crippen LogP contribution in [0.2, 0.25) is 0 Å². The summed E-state index contributed by atoms with van der Waals surface area (Å²) >= 11 is 0. The van der Waals surface area contributed by atoms with E-state index in [1.807, 2.05) is 0 Å². The molecule has 5 heteroatoms. The van der Waals surface area contributed by atoms with Crippen LogP contribution in [-0.4, -0.2) is 34.0 Å². The summed E-state index contributed by atoms with van der Waals surface area (Å²) in [6.45, 7) is 0.291. The van der Waals surface area contributed by atoms with Crippen molar-refractivity contribution < 1.29 is 15.0 Å². The highest BCUT2D eigenvalue weighted by Crippen LogP contribution is 2.28. The number of rotatable bonds is 5. The molecule has 1 atom stereocenters. The van der Waals surface area contributed by atoms with Gasteiger partial charge in [-0.15, -0.1) is 0 Å². The molecule has 1 aliphatic rings. The molecule has 5 nitrogen and oxygen atoms in total. The minimum absolute atomic E-state index is 0.289. The van der Waals surface area contributed by atoms with Crippen LogP contribution in [0.1, 0.15) is 44.9 Å². The third-order valence-corrected chi connectivity index (χ3v) is 3.34. The first-order valence-corrected chi connectivity index (χ1v) is 6.04. The van der Waals surface area contributed by atoms with E-state index in [1.165, 1.54) is 19.3 Å². The van der Waals surface area contributed by atoms with Crippen LogP contribution in [0.3, 0.4) is 0 Å². The lowest BCUT2D eigenvalue weighted by atomic mass is 9.84. The molecule has 1 rings (SSSR count). The zero-order valence-corrected chi connectivity index (χ0v) is 9.64. The van der Waals surface area contributed by atoms with Gasteiger partial charge in [0, 0.05) is 6.54 Å². The van der Waals surface area contributed by atoms with Crippen molar-refractivity contribution in [2.45, 2.75) is 51.0 Å². The number of aliphatic hydroxyl groups excluding tert-OH is 1. The average Bonchev–Trinajstić information content (AvgIpc) is 2.29. The summed E-state index contributed by atoms with van der Waals surface area (Å²) in [5, 5.41) is 19.2. The van der Waals surface area contributed by atoms with Gasteiger partial charge < -0.3 is 10.2 Å². The Labute approximate surface area is 96.2 Å². The number of hydrogen-bond acceptors (Lipinski definition) is 3. The van der Waals surface area contributed by atoms with Gasteiger partial charge in [0.05, 0.1) is 6.10 Å². The molecule has 1 aliphatic carbocycles. The van der Waals surface area contributed by atoms with Crippen molar-refractivity contribution >= 4 is 6.09 Å². The Balaban J connectivity index is 2.14. The number of carbonyl (C=O) groups is 1. The number of carboxylic acid groups (broad SMARTS) is 1. The lowest BCUT2D eigenvalue weighted by molar-refractivity contribution is 0.0716. The quantitative estimate of drug-likeness (QED) is 0.380. The smallest absolute Gasteiger partial charge is 0.421 e. The van der Waals surface area contributed by atoms with Gasteiger partial charge in [0.1, 0.15) is 0 Å². The fourth-order valence-corrected chi connectivity index (χ4v) is 2.32. The van der Waals surface area contributed by atoms with Crippen molar-refractivity contribution in [3.8, 4) is 0 Å². The topological polar surface area (TPSA) is 86.8 Å². The molecule has 0 spiro atoms. The van der Waals surface area contributed by atoms with Gasteiger partial charge in [0.2, 0.25) is 0 Å². The van der Waals surface area contributed by atoms with E-state index in [-0.39, 0.29) is 6.10 Å². The Bertz CT molecular complexity index is 217. The third-order valence-electron chi connectivity index (χ3n) is 3.34. The van der Waals surface area contributed by atoms with Gasteiger partial charge >= 0.3 is 6.09 Å². The standard InChI is InChI=1S/C11H22N2O3/c12-13(11(15)16)8-4-7-10(14)9-5-2-1-3-6-9/h9-10,14H,1-8,12H2,(H,15,16)/t10-/m1/s1. The molecule has 0 aromatic heterocycles. The van der Waals surface area contributed by atoms with Crippen molar-refractivity contribution in [3.05, 3.63) is 0 Å². The monoisotopic (exact) mass is 230 g/mol. The second-order valence-electron chi connectivity index (χ2n) is 4.58. The van der Waals surface area contributed by atoms with Gasteiger partial charge in [-0.25, -0.2) is 15.6 Å². The fraction of sp³-hybridized carbons (Fsp3) is 0.909. The van der Waals surface area contributed by atoms with E-state index in [0.717, 1.165) is 17.9 Å². The van der Waals surface area contributed by atoms with Crippen molar-refractivity contribution in [1.82, 2.24) is 5.01 Å². The summed E-state index contributed by atoms with van der Waals surface area (Å²) in [6.07, 6.45) is 5.76. The second kappa shape index (κ2) is 6.70. The number of hydrogen-bond donors (Lipinski definition) is 3. The van der Waals surface area contributed by atoms with Crippen molar-refractivity contribution in [2.24, 2.45) is 11.8 Å². The van der Waals surface area contributed by atoms with Crippen LogP contribution in [0.25, 0.3) is 0 Å². The Kier molecular flexibility index (Phi) is 5.55. The number of nitrogens with two attached hydrogens (primary N) is 1. The Morgan fingerprint density at radius 1 is 1.38 bits per heavy atom. The molecule has 4 N–H and O–H groups in total. The second-order valence-corrected chi connectivity index (χ2v) is 4.58.